The molecule has 0 radical (unpaired) electrons. The van der Waals surface area contributed by atoms with Gasteiger partial charge in [-0.05, 0) is 94.2 Å². The van der Waals surface area contributed by atoms with E-state index in [4.69, 9.17) is 11.5 Å². The first-order valence-electron chi connectivity index (χ1n) is 12.3. The molecule has 29 heavy (non-hydrogen) atoms. The van der Waals surface area contributed by atoms with Gasteiger partial charge in [0.25, 0.3) is 0 Å². The maximum absolute atomic E-state index is 6.29. The van der Waals surface area contributed by atoms with Gasteiger partial charge >= 0.3 is 0 Å². The van der Waals surface area contributed by atoms with Crippen molar-refractivity contribution in [3.8, 4) is 0 Å². The summed E-state index contributed by atoms with van der Waals surface area (Å²) in [5.41, 5.74) is 15.8. The number of allylic oxidation sites excluding steroid dienone is 4. The summed E-state index contributed by atoms with van der Waals surface area (Å²) in [6.45, 7) is 10.8. The molecule has 0 aromatic carbocycles. The van der Waals surface area contributed by atoms with Gasteiger partial charge in [0.1, 0.15) is 0 Å². The molecular weight excluding hydrogens is 354 g/mol. The molecule has 0 unspecified atom stereocenters. The molecule has 2 fully saturated rings. The molecule has 0 saturated heterocycles. The van der Waals surface area contributed by atoms with E-state index in [1.165, 1.54) is 82.0 Å². The molecular formula is C26H47N3. The maximum atomic E-state index is 6.29. The molecule has 0 bridgehead atoms. The molecule has 3 nitrogen and oxygen atoms in total. The lowest BCUT2D eigenvalue weighted by molar-refractivity contribution is 0.159. The first-order chi connectivity index (χ1) is 14.1. The fourth-order valence-electron chi connectivity index (χ4n) is 5.25. The zero-order valence-corrected chi connectivity index (χ0v) is 19.5. The molecule has 4 N–H and O–H groups in total. The van der Waals surface area contributed by atoms with Crippen LogP contribution in [0.2, 0.25) is 0 Å². The number of hydrogen-bond donors (Lipinski definition) is 2. The van der Waals surface area contributed by atoms with Crippen molar-refractivity contribution in [3.63, 3.8) is 0 Å². The van der Waals surface area contributed by atoms with E-state index in [0.717, 1.165) is 43.0 Å². The van der Waals surface area contributed by atoms with Crippen molar-refractivity contribution >= 4 is 0 Å². The summed E-state index contributed by atoms with van der Waals surface area (Å²) in [4.78, 5) is 2.77. The van der Waals surface area contributed by atoms with Crippen LogP contribution in [0.15, 0.2) is 35.1 Å². The first kappa shape index (κ1) is 24.2. The predicted molar refractivity (Wildman–Crippen MR) is 128 cm³/mol. The summed E-state index contributed by atoms with van der Waals surface area (Å²) in [6, 6.07) is 0. The van der Waals surface area contributed by atoms with Crippen molar-refractivity contribution in [1.29, 1.82) is 0 Å². The number of rotatable bonds is 10. The van der Waals surface area contributed by atoms with E-state index in [1.807, 2.05) is 6.92 Å². The summed E-state index contributed by atoms with van der Waals surface area (Å²) in [5.74, 6) is 2.47. The molecule has 0 amide bonds. The van der Waals surface area contributed by atoms with Gasteiger partial charge in [0.05, 0.1) is 0 Å². The van der Waals surface area contributed by atoms with Gasteiger partial charge in [0.2, 0.25) is 0 Å². The Morgan fingerprint density at radius 2 is 1.52 bits per heavy atom. The van der Waals surface area contributed by atoms with Crippen LogP contribution in [0.25, 0.3) is 0 Å². The van der Waals surface area contributed by atoms with E-state index in [2.05, 4.69) is 37.0 Å². The van der Waals surface area contributed by atoms with E-state index in [1.54, 1.807) is 0 Å². The van der Waals surface area contributed by atoms with Crippen LogP contribution in [0, 0.1) is 17.8 Å². The Bertz CT molecular complexity index is 542. The van der Waals surface area contributed by atoms with Gasteiger partial charge in [-0.3, -0.25) is 4.90 Å². The molecule has 2 rings (SSSR count). The quantitative estimate of drug-likeness (QED) is 0.456. The molecule has 2 aliphatic carbocycles. The third kappa shape index (κ3) is 8.30. The third-order valence-corrected chi connectivity index (χ3v) is 7.09. The minimum atomic E-state index is 0.762. The lowest BCUT2D eigenvalue weighted by Gasteiger charge is -2.35. The molecule has 0 spiro atoms. The predicted octanol–water partition coefficient (Wildman–Crippen LogP) is 5.78. The molecule has 2 aliphatic rings. The molecule has 0 atom stereocenters. The Kier molecular flexibility index (Phi) is 11.1. The van der Waals surface area contributed by atoms with Crippen molar-refractivity contribution in [2.45, 2.75) is 85.0 Å². The molecule has 0 aliphatic heterocycles. The van der Waals surface area contributed by atoms with Crippen LogP contribution in [0.1, 0.15) is 85.0 Å². The Labute approximate surface area is 180 Å². The van der Waals surface area contributed by atoms with E-state index in [-0.39, 0.29) is 0 Å². The second kappa shape index (κ2) is 13.3. The molecule has 2 saturated carbocycles. The SMILES string of the molecule is C\C=C(CN(CC1CCCCC1)CC1CCC(CN)CC1)/C(/C=C\CC)=C(/C)N. The third-order valence-electron chi connectivity index (χ3n) is 7.09. The maximum Gasteiger partial charge on any atom is 0.0237 e. The highest BCUT2D eigenvalue weighted by Crippen LogP contribution is 2.31. The summed E-state index contributed by atoms with van der Waals surface area (Å²) < 4.78 is 0. The van der Waals surface area contributed by atoms with Crippen molar-refractivity contribution in [2.24, 2.45) is 29.2 Å². The first-order valence-corrected chi connectivity index (χ1v) is 12.3. The van der Waals surface area contributed by atoms with E-state index >= 15 is 0 Å². The van der Waals surface area contributed by atoms with Gasteiger partial charge in [-0.15, -0.1) is 0 Å². The van der Waals surface area contributed by atoms with Crippen LogP contribution in [-0.2, 0) is 0 Å². The fourth-order valence-corrected chi connectivity index (χ4v) is 5.25. The second-order valence-electron chi connectivity index (χ2n) is 9.54. The average molecular weight is 402 g/mol. The van der Waals surface area contributed by atoms with Gasteiger partial charge in [0, 0.05) is 25.3 Å². The van der Waals surface area contributed by atoms with Crippen molar-refractivity contribution in [1.82, 2.24) is 4.90 Å². The Morgan fingerprint density at radius 1 is 0.931 bits per heavy atom. The topological polar surface area (TPSA) is 55.3 Å². The monoisotopic (exact) mass is 401 g/mol. The summed E-state index contributed by atoms with van der Waals surface area (Å²) >= 11 is 0. The minimum Gasteiger partial charge on any atom is -0.402 e. The van der Waals surface area contributed by atoms with E-state index in [0.29, 0.717) is 0 Å². The minimum absolute atomic E-state index is 0.762. The number of nitrogens with zero attached hydrogens (tertiary/aromatic N) is 1. The van der Waals surface area contributed by atoms with Gasteiger partial charge in [0.15, 0.2) is 0 Å². The van der Waals surface area contributed by atoms with Crippen LogP contribution in [-0.4, -0.2) is 31.1 Å². The highest BCUT2D eigenvalue weighted by Gasteiger charge is 2.25. The summed E-state index contributed by atoms with van der Waals surface area (Å²) in [6.07, 6.45) is 20.2. The van der Waals surface area contributed by atoms with Gasteiger partial charge in [-0.2, -0.15) is 0 Å². The highest BCUT2D eigenvalue weighted by atomic mass is 15.1. The molecule has 3 heteroatoms. The zero-order chi connectivity index (χ0) is 21.1. The van der Waals surface area contributed by atoms with Crippen molar-refractivity contribution < 1.29 is 0 Å². The van der Waals surface area contributed by atoms with Gasteiger partial charge in [-0.1, -0.05) is 44.4 Å². The Morgan fingerprint density at radius 3 is 2.03 bits per heavy atom. The van der Waals surface area contributed by atoms with Crippen LogP contribution in [0.3, 0.4) is 0 Å². The highest BCUT2D eigenvalue weighted by molar-refractivity contribution is 5.42. The largest absolute Gasteiger partial charge is 0.402 e. The average Bonchev–Trinajstić information content (AvgIpc) is 2.74. The van der Waals surface area contributed by atoms with Crippen molar-refractivity contribution in [2.75, 3.05) is 26.2 Å². The smallest absolute Gasteiger partial charge is 0.0237 e. The Hall–Kier alpha value is -1.06. The summed E-state index contributed by atoms with van der Waals surface area (Å²) in [5, 5.41) is 0. The zero-order valence-electron chi connectivity index (χ0n) is 19.5. The molecule has 0 aromatic heterocycles. The van der Waals surface area contributed by atoms with Crippen LogP contribution >= 0.6 is 0 Å². The van der Waals surface area contributed by atoms with Gasteiger partial charge < -0.3 is 11.5 Å². The lowest BCUT2D eigenvalue weighted by atomic mass is 9.81. The van der Waals surface area contributed by atoms with Crippen LogP contribution in [0.4, 0.5) is 0 Å². The standard InChI is InChI=1S/C26H47N3/c1-4-6-12-26(21(3)28)25(5-2)20-29(18-23-10-8-7-9-11-23)19-24-15-13-22(17-27)14-16-24/h5-6,12,22-24H,4,7-11,13-20,27-28H2,1-3H3/b12-6-,25-5-,26-21-. The fraction of sp³-hybridized carbons (Fsp3) is 0.769. The number of hydrogen-bond acceptors (Lipinski definition) is 3. The van der Waals surface area contributed by atoms with E-state index in [9.17, 15) is 0 Å². The number of nitrogens with two attached hydrogens (primary N) is 2. The molecule has 166 valence electrons. The molecule has 0 aromatic rings. The lowest BCUT2D eigenvalue weighted by Crippen LogP contribution is -2.37. The van der Waals surface area contributed by atoms with Gasteiger partial charge in [-0.25, -0.2) is 0 Å². The van der Waals surface area contributed by atoms with E-state index < -0.39 is 0 Å². The summed E-state index contributed by atoms with van der Waals surface area (Å²) in [7, 11) is 0. The Balaban J connectivity index is 2.08. The normalized spacial score (nSPS) is 25.6. The van der Waals surface area contributed by atoms with Crippen LogP contribution < -0.4 is 11.5 Å². The second-order valence-corrected chi connectivity index (χ2v) is 9.54. The molecule has 0 heterocycles. The van der Waals surface area contributed by atoms with Crippen LogP contribution in [0.5, 0.6) is 0 Å². The van der Waals surface area contributed by atoms with Crippen molar-refractivity contribution in [3.05, 3.63) is 35.1 Å².